The number of rotatable bonds is 20. The number of primary amides is 1. The van der Waals surface area contributed by atoms with Gasteiger partial charge in [-0.15, -0.1) is 11.3 Å². The Balaban J connectivity index is 2.18. The maximum Gasteiger partial charge on any atom is 0.261 e. The Kier molecular flexibility index (Phi) is 15.7. The molecule has 1 aromatic heterocycles. The van der Waals surface area contributed by atoms with E-state index < -0.39 is 41.8 Å². The van der Waals surface area contributed by atoms with Crippen LogP contribution in [0.15, 0.2) is 46.8 Å². The van der Waals surface area contributed by atoms with Crippen molar-refractivity contribution >= 4 is 40.9 Å². The van der Waals surface area contributed by atoms with Gasteiger partial charge in [-0.1, -0.05) is 18.2 Å². The van der Waals surface area contributed by atoms with E-state index >= 15 is 0 Å². The molecule has 44 heavy (non-hydrogen) atoms. The number of hydrogen-bond acceptors (Lipinski definition) is 9. The zero-order valence-electron chi connectivity index (χ0n) is 25.3. The Bertz CT molecular complexity index is 1220. The van der Waals surface area contributed by atoms with Crippen molar-refractivity contribution in [3.8, 4) is 5.75 Å². The van der Waals surface area contributed by atoms with Gasteiger partial charge in [-0.2, -0.15) is 0 Å². The molecule has 2 rings (SSSR count). The second-order valence-electron chi connectivity index (χ2n) is 10.4. The molecule has 0 fully saturated rings. The average Bonchev–Trinajstić information content (AvgIpc) is 3.52. The van der Waals surface area contributed by atoms with Crippen LogP contribution in [0.2, 0.25) is 0 Å². The number of carbonyl (C=O) groups is 4. The molecule has 4 amide bonds. The lowest BCUT2D eigenvalue weighted by Crippen LogP contribution is -2.54. The second-order valence-corrected chi connectivity index (χ2v) is 11.3. The predicted octanol–water partition coefficient (Wildman–Crippen LogP) is -0.203. The molecule has 0 radical (unpaired) electrons. The molecule has 0 spiro atoms. The average molecular weight is 632 g/mol. The fourth-order valence-electron chi connectivity index (χ4n) is 4.11. The van der Waals surface area contributed by atoms with Crippen LogP contribution >= 0.6 is 11.3 Å². The van der Waals surface area contributed by atoms with Crippen molar-refractivity contribution in [2.45, 2.75) is 50.2 Å². The summed E-state index contributed by atoms with van der Waals surface area (Å²) in [5.41, 5.74) is 22.6. The highest BCUT2D eigenvalue weighted by molar-refractivity contribution is 7.12. The second kappa shape index (κ2) is 19.1. The summed E-state index contributed by atoms with van der Waals surface area (Å²) in [6.45, 7) is 1.87. The molecule has 0 saturated heterocycles. The zero-order valence-corrected chi connectivity index (χ0v) is 26.1. The number of nitrogens with zero attached hydrogens (tertiary/aromatic N) is 2. The van der Waals surface area contributed by atoms with Crippen molar-refractivity contribution in [2.75, 3.05) is 40.3 Å². The third kappa shape index (κ3) is 13.0. The van der Waals surface area contributed by atoms with Crippen LogP contribution in [-0.4, -0.2) is 86.9 Å². The molecule has 1 aromatic carbocycles. The van der Waals surface area contributed by atoms with E-state index in [2.05, 4.69) is 20.9 Å². The first-order valence-corrected chi connectivity index (χ1v) is 15.3. The number of carbonyl (C=O) groups excluding carboxylic acids is 4. The molecule has 242 valence electrons. The van der Waals surface area contributed by atoms with Gasteiger partial charge >= 0.3 is 0 Å². The molecule has 11 N–H and O–H groups in total. The van der Waals surface area contributed by atoms with Crippen LogP contribution in [0.1, 0.15) is 53.4 Å². The van der Waals surface area contributed by atoms with Crippen molar-refractivity contribution in [1.82, 2.24) is 20.9 Å². The lowest BCUT2D eigenvalue weighted by molar-refractivity contribution is -0.132. The number of ether oxygens (including phenoxy) is 1. The fraction of sp³-hybridized carbons (Fsp3) is 0.483. The molecular formula is C29H45N9O5S. The summed E-state index contributed by atoms with van der Waals surface area (Å²) in [7, 11) is 3.88. The summed E-state index contributed by atoms with van der Waals surface area (Å²) in [5, 5.41) is 9.91. The molecule has 3 atom stereocenters. The third-order valence-corrected chi connectivity index (χ3v) is 7.35. The van der Waals surface area contributed by atoms with Crippen molar-refractivity contribution in [3.63, 3.8) is 0 Å². The Hall–Kier alpha value is -4.21. The summed E-state index contributed by atoms with van der Waals surface area (Å²) in [6, 6.07) is 6.90. The number of unbranched alkanes of at least 4 members (excludes halogenated alkanes) is 1. The smallest absolute Gasteiger partial charge is 0.261 e. The van der Waals surface area contributed by atoms with Gasteiger partial charge < -0.3 is 48.5 Å². The molecule has 0 aliphatic heterocycles. The molecular weight excluding hydrogens is 586 g/mol. The van der Waals surface area contributed by atoms with Gasteiger partial charge in [0.05, 0.1) is 4.88 Å². The Labute approximate surface area is 261 Å². The molecule has 1 heterocycles. The summed E-state index contributed by atoms with van der Waals surface area (Å²) in [4.78, 5) is 58.5. The number of benzene rings is 1. The lowest BCUT2D eigenvalue weighted by Gasteiger charge is -2.25. The van der Waals surface area contributed by atoms with Crippen LogP contribution in [-0.2, 0) is 14.4 Å². The topological polar surface area (TPSA) is 233 Å². The van der Waals surface area contributed by atoms with Gasteiger partial charge in [-0.25, -0.2) is 0 Å². The van der Waals surface area contributed by atoms with Gasteiger partial charge in [-0.3, -0.25) is 24.2 Å². The van der Waals surface area contributed by atoms with Gasteiger partial charge in [-0.05, 0) is 81.9 Å². The number of likely N-dealkylation sites (N-methyl/N-ethyl adjacent to an activating group) is 1. The van der Waals surface area contributed by atoms with Crippen LogP contribution in [0.25, 0.3) is 0 Å². The van der Waals surface area contributed by atoms with Crippen LogP contribution in [0.5, 0.6) is 5.75 Å². The van der Waals surface area contributed by atoms with Gasteiger partial charge in [0.1, 0.15) is 30.5 Å². The summed E-state index contributed by atoms with van der Waals surface area (Å²) >= 11 is 1.23. The monoisotopic (exact) mass is 631 g/mol. The SMILES string of the molecule is CN(C)CCOc1ccc([C@H](NC(=O)[C@H](CCCCN)NC(=O)[C@H](CCCN=C(N)N)NC(=O)c2cccs2)C(N)=O)cc1. The minimum atomic E-state index is -1.15. The maximum absolute atomic E-state index is 13.5. The Morgan fingerprint density at radius 3 is 2.16 bits per heavy atom. The first-order valence-electron chi connectivity index (χ1n) is 14.4. The quantitative estimate of drug-likeness (QED) is 0.0581. The number of nitrogens with one attached hydrogen (secondary N) is 3. The summed E-state index contributed by atoms with van der Waals surface area (Å²) in [6.07, 6.45) is 2.00. The summed E-state index contributed by atoms with van der Waals surface area (Å²) < 4.78 is 5.70. The fourth-order valence-corrected chi connectivity index (χ4v) is 4.73. The van der Waals surface area contributed by atoms with Crippen molar-refractivity contribution in [1.29, 1.82) is 0 Å². The number of hydrogen-bond donors (Lipinski definition) is 7. The first-order chi connectivity index (χ1) is 21.0. The van der Waals surface area contributed by atoms with Crippen molar-refractivity contribution in [3.05, 3.63) is 52.2 Å². The minimum Gasteiger partial charge on any atom is -0.492 e. The number of thiophene rings is 1. The standard InChI is InChI=1S/C29H45N9O5S/c1-38(2)16-17-43-20-12-10-19(11-13-20)24(25(31)39)37-27(41)21(7-3-4-14-30)35-26(40)22(8-5-15-34-29(32)33)36-28(42)23-9-6-18-44-23/h6,9-13,18,21-22,24H,3-5,7-8,14-17,30H2,1-2H3,(H2,31,39)(H,35,40)(H,36,42)(H,37,41)(H4,32,33,34)/t21-,22-,24-/m0/s1. The van der Waals surface area contributed by atoms with Crippen molar-refractivity contribution in [2.24, 2.45) is 27.9 Å². The van der Waals surface area contributed by atoms with Gasteiger partial charge in [0.2, 0.25) is 17.7 Å². The van der Waals surface area contributed by atoms with E-state index in [1.54, 1.807) is 41.8 Å². The third-order valence-electron chi connectivity index (χ3n) is 6.48. The van der Waals surface area contributed by atoms with Crippen LogP contribution in [0, 0.1) is 0 Å². The number of guanidine groups is 1. The van der Waals surface area contributed by atoms with E-state index in [-0.39, 0.29) is 25.3 Å². The van der Waals surface area contributed by atoms with E-state index in [9.17, 15) is 19.2 Å². The highest BCUT2D eigenvalue weighted by Gasteiger charge is 2.29. The van der Waals surface area contributed by atoms with Crippen LogP contribution in [0.4, 0.5) is 0 Å². The normalized spacial score (nSPS) is 12.9. The first kappa shape index (κ1) is 36.0. The number of amides is 4. The maximum atomic E-state index is 13.5. The van der Waals surface area contributed by atoms with E-state index in [1.807, 2.05) is 19.0 Å². The van der Waals surface area contributed by atoms with E-state index in [0.717, 1.165) is 6.54 Å². The van der Waals surface area contributed by atoms with Gasteiger partial charge in [0.25, 0.3) is 5.91 Å². The minimum absolute atomic E-state index is 0.0826. The molecule has 0 aliphatic rings. The zero-order chi connectivity index (χ0) is 32.5. The molecule has 0 unspecified atom stereocenters. The molecule has 15 heteroatoms. The van der Waals surface area contributed by atoms with E-state index in [4.69, 9.17) is 27.7 Å². The molecule has 2 aromatic rings. The Morgan fingerprint density at radius 1 is 0.909 bits per heavy atom. The highest BCUT2D eigenvalue weighted by atomic mass is 32.1. The molecule has 0 saturated carbocycles. The molecule has 0 aliphatic carbocycles. The van der Waals surface area contributed by atoms with E-state index in [0.29, 0.717) is 48.6 Å². The van der Waals surface area contributed by atoms with E-state index in [1.165, 1.54) is 11.3 Å². The van der Waals surface area contributed by atoms with Crippen LogP contribution < -0.4 is 43.6 Å². The van der Waals surface area contributed by atoms with Gasteiger partial charge in [0, 0.05) is 13.1 Å². The lowest BCUT2D eigenvalue weighted by atomic mass is 10.0. The number of nitrogens with two attached hydrogens (primary N) is 4. The largest absolute Gasteiger partial charge is 0.492 e. The number of aliphatic imine (C=N–C) groups is 1. The van der Waals surface area contributed by atoms with Crippen LogP contribution in [0.3, 0.4) is 0 Å². The predicted molar refractivity (Wildman–Crippen MR) is 171 cm³/mol. The molecule has 14 nitrogen and oxygen atoms in total. The highest BCUT2D eigenvalue weighted by Crippen LogP contribution is 2.19. The van der Waals surface area contributed by atoms with Crippen molar-refractivity contribution < 1.29 is 23.9 Å². The summed E-state index contributed by atoms with van der Waals surface area (Å²) in [5.74, 6) is -1.84. The Morgan fingerprint density at radius 2 is 1.57 bits per heavy atom. The van der Waals surface area contributed by atoms with Gasteiger partial charge in [0.15, 0.2) is 5.96 Å². The molecule has 0 bridgehead atoms.